The van der Waals surface area contributed by atoms with Crippen molar-refractivity contribution in [3.8, 4) is 5.75 Å². The van der Waals surface area contributed by atoms with E-state index in [1.54, 1.807) is 37.3 Å². The van der Waals surface area contributed by atoms with E-state index < -0.39 is 5.97 Å². The van der Waals surface area contributed by atoms with Crippen molar-refractivity contribution in [2.24, 2.45) is 5.16 Å². The normalized spacial score (nSPS) is 16.2. The number of carbonyl (C=O) groups is 1. The van der Waals surface area contributed by atoms with Crippen LogP contribution in [0.5, 0.6) is 5.75 Å². The quantitative estimate of drug-likeness (QED) is 0.482. The fourth-order valence-electron chi connectivity index (χ4n) is 1.59. The highest BCUT2D eigenvalue weighted by Crippen LogP contribution is 2.27. The highest BCUT2D eigenvalue weighted by molar-refractivity contribution is 6.31. The van der Waals surface area contributed by atoms with Crippen LogP contribution < -0.4 is 4.74 Å². The lowest BCUT2D eigenvalue weighted by Gasteiger charge is -2.08. The van der Waals surface area contributed by atoms with Gasteiger partial charge >= 0.3 is 5.97 Å². The molecule has 19 heavy (non-hydrogen) atoms. The Kier molecular flexibility index (Phi) is 4.02. The summed E-state index contributed by atoms with van der Waals surface area (Å²) in [5, 5.41) is 4.17. The van der Waals surface area contributed by atoms with Crippen LogP contribution in [0.15, 0.2) is 41.6 Å². The number of hydrogen-bond acceptors (Lipinski definition) is 4. The Bertz CT molecular complexity index is 590. The van der Waals surface area contributed by atoms with E-state index in [-0.39, 0.29) is 0 Å². The first kappa shape index (κ1) is 13.4. The van der Waals surface area contributed by atoms with Gasteiger partial charge in [-0.25, -0.2) is 4.79 Å². The Morgan fingerprint density at radius 3 is 2.95 bits per heavy atom. The van der Waals surface area contributed by atoms with Crippen LogP contribution in [0.4, 0.5) is 0 Å². The molecule has 5 heteroatoms. The van der Waals surface area contributed by atoms with Crippen molar-refractivity contribution < 1.29 is 14.4 Å². The van der Waals surface area contributed by atoms with Gasteiger partial charge in [0.05, 0.1) is 11.3 Å². The molecule has 0 N–H and O–H groups in total. The molecule has 0 saturated heterocycles. The molecule has 1 aromatic carbocycles. The number of nitrogens with zero attached hydrogens (tertiary/aromatic N) is 1. The zero-order valence-corrected chi connectivity index (χ0v) is 11.1. The molecule has 1 aromatic rings. The number of oxime groups is 1. The summed E-state index contributed by atoms with van der Waals surface area (Å²) in [4.78, 5) is 16.1. The smallest absolute Gasteiger partial charge is 0.367 e. The number of halogens is 1. The van der Waals surface area contributed by atoms with E-state index in [2.05, 4.69) is 16.6 Å². The molecule has 0 radical (unpaired) electrons. The van der Waals surface area contributed by atoms with Crippen molar-refractivity contribution in [3.63, 3.8) is 0 Å². The van der Waals surface area contributed by atoms with E-state index in [1.807, 2.05) is 0 Å². The van der Waals surface area contributed by atoms with Crippen molar-refractivity contribution in [1.29, 1.82) is 0 Å². The van der Waals surface area contributed by atoms with Crippen LogP contribution in [-0.2, 0) is 9.63 Å². The lowest BCUT2D eigenvalue weighted by molar-refractivity contribution is -0.136. The molecule has 0 aliphatic carbocycles. The summed E-state index contributed by atoms with van der Waals surface area (Å²) >= 11 is 5.96. The molecule has 0 atom stereocenters. The minimum absolute atomic E-state index is 0.370. The van der Waals surface area contributed by atoms with Crippen LogP contribution in [0, 0.1) is 0 Å². The minimum Gasteiger partial charge on any atom is -0.489 e. The van der Waals surface area contributed by atoms with Crippen LogP contribution in [0.2, 0.25) is 5.02 Å². The summed E-state index contributed by atoms with van der Waals surface area (Å²) in [7, 11) is 0. The Balaban J connectivity index is 2.40. The summed E-state index contributed by atoms with van der Waals surface area (Å²) in [6.07, 6.45) is 3.29. The first-order valence-corrected chi connectivity index (χ1v) is 6.01. The Hall–Kier alpha value is -2.07. The minimum atomic E-state index is -0.479. The predicted octanol–water partition coefficient (Wildman–Crippen LogP) is 3.22. The van der Waals surface area contributed by atoms with E-state index in [1.165, 1.54) is 0 Å². The third kappa shape index (κ3) is 3.03. The van der Waals surface area contributed by atoms with Gasteiger partial charge in [0.25, 0.3) is 0 Å². The van der Waals surface area contributed by atoms with Gasteiger partial charge in [-0.3, -0.25) is 0 Å². The molecule has 98 valence electrons. The molecule has 1 heterocycles. The molecule has 0 unspecified atom stereocenters. The van der Waals surface area contributed by atoms with Gasteiger partial charge in [0.2, 0.25) is 0 Å². The largest absolute Gasteiger partial charge is 0.489 e. The van der Waals surface area contributed by atoms with Crippen molar-refractivity contribution in [3.05, 3.63) is 47.0 Å². The second kappa shape index (κ2) is 5.71. The molecular formula is C14H12ClNO3. The highest BCUT2D eigenvalue weighted by Gasteiger charge is 2.22. The average molecular weight is 278 g/mol. The van der Waals surface area contributed by atoms with E-state index in [9.17, 15) is 4.79 Å². The molecule has 0 bridgehead atoms. The standard InChI is InChI=1S/C14H12ClNO3/c1-3-6-18-13-5-4-11(15)7-10(13)8-12-9(2)16-19-14(12)17/h3-5,7-8H,1,6H2,2H3/b12-8-. The van der Waals surface area contributed by atoms with E-state index in [0.29, 0.717) is 34.2 Å². The maximum Gasteiger partial charge on any atom is 0.367 e. The third-order valence-corrected chi connectivity index (χ3v) is 2.74. The van der Waals surface area contributed by atoms with Crippen molar-refractivity contribution in [2.45, 2.75) is 6.92 Å². The van der Waals surface area contributed by atoms with Crippen LogP contribution in [0.1, 0.15) is 12.5 Å². The summed E-state index contributed by atoms with van der Waals surface area (Å²) in [5.74, 6) is 0.136. The second-order valence-electron chi connectivity index (χ2n) is 3.90. The van der Waals surface area contributed by atoms with Gasteiger partial charge < -0.3 is 9.57 Å². The molecular weight excluding hydrogens is 266 g/mol. The summed E-state index contributed by atoms with van der Waals surface area (Å²) in [5.41, 5.74) is 1.61. The topological polar surface area (TPSA) is 47.9 Å². The Labute approximate surface area is 116 Å². The number of hydrogen-bond donors (Lipinski definition) is 0. The van der Waals surface area contributed by atoms with Crippen molar-refractivity contribution in [2.75, 3.05) is 6.61 Å². The van der Waals surface area contributed by atoms with Crippen LogP contribution in [0.25, 0.3) is 6.08 Å². The van der Waals surface area contributed by atoms with E-state index in [0.717, 1.165) is 0 Å². The average Bonchev–Trinajstić information content (AvgIpc) is 2.70. The van der Waals surface area contributed by atoms with Gasteiger partial charge in [0.1, 0.15) is 12.4 Å². The maximum atomic E-state index is 11.5. The van der Waals surface area contributed by atoms with E-state index in [4.69, 9.17) is 16.3 Å². The van der Waals surface area contributed by atoms with E-state index >= 15 is 0 Å². The zero-order chi connectivity index (χ0) is 13.8. The number of ether oxygens (including phenoxy) is 1. The van der Waals surface area contributed by atoms with Gasteiger partial charge in [-0.05, 0) is 31.2 Å². The number of rotatable bonds is 4. The van der Waals surface area contributed by atoms with Crippen LogP contribution in [-0.4, -0.2) is 18.3 Å². The molecule has 0 saturated carbocycles. The van der Waals surface area contributed by atoms with Crippen molar-refractivity contribution in [1.82, 2.24) is 0 Å². The number of carbonyl (C=O) groups excluding carboxylic acids is 1. The monoisotopic (exact) mass is 277 g/mol. The molecule has 0 amide bonds. The first-order chi connectivity index (χ1) is 9.11. The molecule has 2 rings (SSSR count). The van der Waals surface area contributed by atoms with Crippen molar-refractivity contribution >= 4 is 29.4 Å². The Morgan fingerprint density at radius 2 is 2.32 bits per heavy atom. The maximum absolute atomic E-state index is 11.5. The molecule has 1 aliphatic rings. The molecule has 0 fully saturated rings. The third-order valence-electron chi connectivity index (χ3n) is 2.50. The van der Waals surface area contributed by atoms with Gasteiger partial charge in [-0.15, -0.1) is 0 Å². The van der Waals surface area contributed by atoms with Gasteiger partial charge in [0, 0.05) is 10.6 Å². The van der Waals surface area contributed by atoms with Gasteiger partial charge in [-0.1, -0.05) is 29.4 Å². The number of benzene rings is 1. The van der Waals surface area contributed by atoms with Crippen LogP contribution in [0.3, 0.4) is 0 Å². The summed E-state index contributed by atoms with van der Waals surface area (Å²) in [6, 6.07) is 5.17. The first-order valence-electron chi connectivity index (χ1n) is 5.63. The summed E-state index contributed by atoms with van der Waals surface area (Å²) < 4.78 is 5.51. The fourth-order valence-corrected chi connectivity index (χ4v) is 1.77. The predicted molar refractivity (Wildman–Crippen MR) is 74.3 cm³/mol. The molecule has 4 nitrogen and oxygen atoms in total. The molecule has 0 aromatic heterocycles. The lowest BCUT2D eigenvalue weighted by atomic mass is 10.1. The summed E-state index contributed by atoms with van der Waals surface area (Å²) in [6.45, 7) is 5.66. The van der Waals surface area contributed by atoms with Gasteiger partial charge in [0.15, 0.2) is 0 Å². The zero-order valence-electron chi connectivity index (χ0n) is 10.4. The fraction of sp³-hybridized carbons (Fsp3) is 0.143. The highest BCUT2D eigenvalue weighted by atomic mass is 35.5. The molecule has 0 spiro atoms. The van der Waals surface area contributed by atoms with Crippen LogP contribution >= 0.6 is 11.6 Å². The van der Waals surface area contributed by atoms with Gasteiger partial charge in [-0.2, -0.15) is 0 Å². The molecule has 1 aliphatic heterocycles. The second-order valence-corrected chi connectivity index (χ2v) is 4.33. The SMILES string of the molecule is C=CCOc1ccc(Cl)cc1/C=C1\C(=O)ON=C1C. The Morgan fingerprint density at radius 1 is 1.53 bits per heavy atom. The lowest BCUT2D eigenvalue weighted by Crippen LogP contribution is -2.02.